The van der Waals surface area contributed by atoms with Gasteiger partial charge < -0.3 is 4.74 Å². The zero-order valence-corrected chi connectivity index (χ0v) is 9.51. The smallest absolute Gasteiger partial charge is 0.306 e. The molecule has 15 heavy (non-hydrogen) atoms. The van der Waals surface area contributed by atoms with Crippen molar-refractivity contribution in [3.05, 3.63) is 12.4 Å². The van der Waals surface area contributed by atoms with Gasteiger partial charge in [-0.2, -0.15) is 0 Å². The van der Waals surface area contributed by atoms with Crippen molar-refractivity contribution in [2.24, 2.45) is 11.3 Å². The highest BCUT2D eigenvalue weighted by atomic mass is 19.1. The maximum Gasteiger partial charge on any atom is 0.306 e. The first kappa shape index (κ1) is 12.2. The molecule has 0 heterocycles. The van der Waals surface area contributed by atoms with E-state index in [0.29, 0.717) is 18.8 Å². The zero-order chi connectivity index (χ0) is 11.5. The van der Waals surface area contributed by atoms with Gasteiger partial charge in [0.15, 0.2) is 0 Å². The van der Waals surface area contributed by atoms with Crippen molar-refractivity contribution in [3.63, 3.8) is 0 Å². The van der Waals surface area contributed by atoms with Crippen LogP contribution in [-0.4, -0.2) is 13.1 Å². The van der Waals surface area contributed by atoms with E-state index in [1.807, 2.05) is 0 Å². The summed E-state index contributed by atoms with van der Waals surface area (Å²) in [7, 11) is 1.34. The fourth-order valence-corrected chi connectivity index (χ4v) is 2.21. The van der Waals surface area contributed by atoms with Crippen LogP contribution in [0.3, 0.4) is 0 Å². The molecule has 86 valence electrons. The van der Waals surface area contributed by atoms with Crippen LogP contribution >= 0.6 is 0 Å². The number of hydrogen-bond acceptors (Lipinski definition) is 2. The molecule has 3 heteroatoms. The molecule has 0 bridgehead atoms. The predicted molar refractivity (Wildman–Crippen MR) is 56.9 cm³/mol. The van der Waals surface area contributed by atoms with E-state index < -0.39 is 5.41 Å². The average Bonchev–Trinajstić information content (AvgIpc) is 2.21. The second-order valence-corrected chi connectivity index (χ2v) is 4.62. The van der Waals surface area contributed by atoms with Crippen LogP contribution in [0.1, 0.15) is 39.0 Å². The summed E-state index contributed by atoms with van der Waals surface area (Å²) in [5, 5.41) is 0. The van der Waals surface area contributed by atoms with Crippen LogP contribution in [0, 0.1) is 11.3 Å². The van der Waals surface area contributed by atoms with Gasteiger partial charge in [-0.05, 0) is 31.6 Å². The van der Waals surface area contributed by atoms with Gasteiger partial charge in [-0.1, -0.05) is 13.5 Å². The zero-order valence-electron chi connectivity index (χ0n) is 9.51. The minimum absolute atomic E-state index is 0.131. The lowest BCUT2D eigenvalue weighted by molar-refractivity contribution is -0.143. The van der Waals surface area contributed by atoms with Crippen molar-refractivity contribution in [2.75, 3.05) is 7.11 Å². The molecule has 0 amide bonds. The maximum atomic E-state index is 13.5. The lowest BCUT2D eigenvalue weighted by Crippen LogP contribution is -2.30. The molecule has 1 aliphatic rings. The molecule has 0 spiro atoms. The molecule has 0 atom stereocenters. The number of carbonyl (C=O) groups is 1. The number of allylic oxidation sites excluding steroid dienone is 1. The minimum Gasteiger partial charge on any atom is -0.469 e. The first-order valence-electron chi connectivity index (χ1n) is 5.42. The maximum absolute atomic E-state index is 13.5. The van der Waals surface area contributed by atoms with Crippen molar-refractivity contribution >= 4 is 5.97 Å². The Balaban J connectivity index is 2.71. The number of esters is 1. The number of rotatable bonds is 3. The van der Waals surface area contributed by atoms with E-state index in [0.717, 1.165) is 12.8 Å². The molecule has 1 aliphatic carbocycles. The Kier molecular flexibility index (Phi) is 3.89. The van der Waals surface area contributed by atoms with E-state index in [4.69, 9.17) is 0 Å². The van der Waals surface area contributed by atoms with Gasteiger partial charge in [0.25, 0.3) is 0 Å². The summed E-state index contributed by atoms with van der Waals surface area (Å²) in [5.74, 6) is -0.0849. The molecule has 0 aliphatic heterocycles. The van der Waals surface area contributed by atoms with Crippen LogP contribution in [-0.2, 0) is 9.53 Å². The molecule has 1 saturated carbocycles. The lowest BCUT2D eigenvalue weighted by atomic mass is 9.68. The summed E-state index contributed by atoms with van der Waals surface area (Å²) in [6, 6.07) is 0. The van der Waals surface area contributed by atoms with Crippen LogP contribution < -0.4 is 0 Å². The number of halogens is 1. The van der Waals surface area contributed by atoms with E-state index in [1.165, 1.54) is 7.11 Å². The molecular weight excluding hydrogens is 195 g/mol. The van der Waals surface area contributed by atoms with Gasteiger partial charge in [-0.15, -0.1) is 0 Å². The van der Waals surface area contributed by atoms with Crippen molar-refractivity contribution in [2.45, 2.75) is 39.0 Å². The summed E-state index contributed by atoms with van der Waals surface area (Å²) in [4.78, 5) is 11.2. The van der Waals surface area contributed by atoms with Crippen LogP contribution in [0.15, 0.2) is 12.4 Å². The topological polar surface area (TPSA) is 26.3 Å². The Hall–Kier alpha value is -0.860. The Morgan fingerprint density at radius 3 is 2.47 bits per heavy atom. The molecule has 0 saturated heterocycles. The molecule has 1 rings (SSSR count). The largest absolute Gasteiger partial charge is 0.469 e. The SMILES string of the molecule is C=C(F)C1(CC(=O)OC)CCC(C)CC1. The summed E-state index contributed by atoms with van der Waals surface area (Å²) in [6.45, 7) is 5.54. The van der Waals surface area contributed by atoms with Crippen molar-refractivity contribution in [1.29, 1.82) is 0 Å². The van der Waals surface area contributed by atoms with E-state index in [2.05, 4.69) is 18.2 Å². The summed E-state index contributed by atoms with van der Waals surface area (Å²) < 4.78 is 18.1. The lowest BCUT2D eigenvalue weighted by Gasteiger charge is -2.37. The quantitative estimate of drug-likeness (QED) is 0.674. The van der Waals surface area contributed by atoms with E-state index in [1.54, 1.807) is 0 Å². The Labute approximate surface area is 90.5 Å². The van der Waals surface area contributed by atoms with Gasteiger partial charge in [0.2, 0.25) is 0 Å². The van der Waals surface area contributed by atoms with E-state index in [9.17, 15) is 9.18 Å². The molecule has 0 unspecified atom stereocenters. The molecule has 1 fully saturated rings. The minimum atomic E-state index is -0.653. The number of methoxy groups -OCH3 is 1. The normalized spacial score (nSPS) is 31.0. The highest BCUT2D eigenvalue weighted by molar-refractivity contribution is 5.70. The average molecular weight is 214 g/mol. The molecular formula is C12H19FO2. The Morgan fingerprint density at radius 1 is 1.53 bits per heavy atom. The number of carbonyl (C=O) groups excluding carboxylic acids is 1. The fraction of sp³-hybridized carbons (Fsp3) is 0.750. The molecule has 2 nitrogen and oxygen atoms in total. The van der Waals surface area contributed by atoms with Gasteiger partial charge in [-0.3, -0.25) is 4.79 Å². The molecule has 0 N–H and O–H groups in total. The monoisotopic (exact) mass is 214 g/mol. The van der Waals surface area contributed by atoms with E-state index in [-0.39, 0.29) is 18.2 Å². The third-order valence-electron chi connectivity index (χ3n) is 3.52. The van der Waals surface area contributed by atoms with Crippen LogP contribution in [0.5, 0.6) is 0 Å². The van der Waals surface area contributed by atoms with Gasteiger partial charge in [0, 0.05) is 5.41 Å². The third-order valence-corrected chi connectivity index (χ3v) is 3.52. The summed E-state index contributed by atoms with van der Waals surface area (Å²) >= 11 is 0. The predicted octanol–water partition coefficient (Wildman–Crippen LogP) is 3.23. The van der Waals surface area contributed by atoms with Gasteiger partial charge in [-0.25, -0.2) is 4.39 Å². The molecule has 0 radical (unpaired) electrons. The van der Waals surface area contributed by atoms with Crippen LogP contribution in [0.4, 0.5) is 4.39 Å². The Morgan fingerprint density at radius 2 is 2.07 bits per heavy atom. The summed E-state index contributed by atoms with van der Waals surface area (Å²) in [6.07, 6.45) is 3.46. The third kappa shape index (κ3) is 2.80. The second-order valence-electron chi connectivity index (χ2n) is 4.62. The second kappa shape index (κ2) is 4.77. The molecule has 0 aromatic heterocycles. The first-order valence-corrected chi connectivity index (χ1v) is 5.42. The highest BCUT2D eigenvalue weighted by Gasteiger charge is 2.39. The first-order chi connectivity index (χ1) is 7.00. The Bertz CT molecular complexity index is 252. The van der Waals surface area contributed by atoms with Gasteiger partial charge in [0.1, 0.15) is 0 Å². The number of hydrogen-bond donors (Lipinski definition) is 0. The fourth-order valence-electron chi connectivity index (χ4n) is 2.21. The summed E-state index contributed by atoms with van der Waals surface area (Å²) in [5.41, 5.74) is -0.653. The van der Waals surface area contributed by atoms with Crippen molar-refractivity contribution in [3.8, 4) is 0 Å². The van der Waals surface area contributed by atoms with Crippen LogP contribution in [0.25, 0.3) is 0 Å². The van der Waals surface area contributed by atoms with Gasteiger partial charge in [0.05, 0.1) is 19.4 Å². The number of ether oxygens (including phenoxy) is 1. The van der Waals surface area contributed by atoms with Gasteiger partial charge >= 0.3 is 5.97 Å². The van der Waals surface area contributed by atoms with Crippen molar-refractivity contribution < 1.29 is 13.9 Å². The van der Waals surface area contributed by atoms with E-state index >= 15 is 0 Å². The highest BCUT2D eigenvalue weighted by Crippen LogP contribution is 2.46. The standard InChI is InChI=1S/C12H19FO2/c1-9-4-6-12(7-5-9,10(2)13)8-11(14)15-3/h9H,2,4-8H2,1,3H3. The van der Waals surface area contributed by atoms with Crippen molar-refractivity contribution in [1.82, 2.24) is 0 Å². The molecule has 0 aromatic carbocycles. The molecule has 0 aromatic rings. The van der Waals surface area contributed by atoms with Crippen LogP contribution in [0.2, 0.25) is 0 Å².